The minimum absolute atomic E-state index is 0.0315. The Kier molecular flexibility index (Phi) is 4.77. The van der Waals surface area contributed by atoms with Gasteiger partial charge < -0.3 is 4.74 Å². The highest BCUT2D eigenvalue weighted by Gasteiger charge is 2.33. The minimum Gasteiger partial charge on any atom is -0.462 e. The van der Waals surface area contributed by atoms with Gasteiger partial charge in [-0.1, -0.05) is 29.4 Å². The van der Waals surface area contributed by atoms with Gasteiger partial charge >= 0.3 is 5.97 Å². The summed E-state index contributed by atoms with van der Waals surface area (Å²) in [7, 11) is 0. The van der Waals surface area contributed by atoms with Crippen molar-refractivity contribution in [3.8, 4) is 0 Å². The molecule has 0 saturated carbocycles. The second-order valence-corrected chi connectivity index (χ2v) is 6.22. The number of thioether (sulfide) groups is 1. The lowest BCUT2D eigenvalue weighted by Gasteiger charge is -2.27. The second kappa shape index (κ2) is 6.82. The Morgan fingerprint density at radius 3 is 3.04 bits per heavy atom. The summed E-state index contributed by atoms with van der Waals surface area (Å²) in [5.41, 5.74) is -0.0434. The van der Waals surface area contributed by atoms with E-state index in [1.54, 1.807) is 24.2 Å². The number of nitrogens with zero attached hydrogens (tertiary/aromatic N) is 3. The summed E-state index contributed by atoms with van der Waals surface area (Å²) in [4.78, 5) is 28.1. The molecular formula is C15H13ClFN3O3S. The number of esters is 1. The first-order valence-electron chi connectivity index (χ1n) is 7.15. The fourth-order valence-corrected chi connectivity index (χ4v) is 3.41. The van der Waals surface area contributed by atoms with E-state index >= 15 is 0 Å². The van der Waals surface area contributed by atoms with E-state index in [0.717, 1.165) is 6.07 Å². The maximum Gasteiger partial charge on any atom is 0.339 e. The third kappa shape index (κ3) is 3.11. The van der Waals surface area contributed by atoms with Gasteiger partial charge in [-0.15, -0.1) is 0 Å². The van der Waals surface area contributed by atoms with E-state index < -0.39 is 11.8 Å². The first kappa shape index (κ1) is 16.8. The normalized spacial score (nSPS) is 18.3. The lowest BCUT2D eigenvalue weighted by molar-refractivity contribution is -0.135. The van der Waals surface area contributed by atoms with Gasteiger partial charge in [-0.3, -0.25) is 9.80 Å². The molecule has 0 N–H and O–H groups in total. The number of fused-ring (bicyclic) bond motifs is 1. The molecule has 1 amide bonds. The van der Waals surface area contributed by atoms with Crippen molar-refractivity contribution in [2.45, 2.75) is 13.3 Å². The van der Waals surface area contributed by atoms with Crippen molar-refractivity contribution in [1.29, 1.82) is 0 Å². The Bertz CT molecular complexity index is 769. The van der Waals surface area contributed by atoms with Crippen molar-refractivity contribution in [3.05, 3.63) is 40.8 Å². The van der Waals surface area contributed by atoms with Crippen molar-refractivity contribution in [2.75, 3.05) is 12.5 Å². The fourth-order valence-electron chi connectivity index (χ4n) is 2.25. The summed E-state index contributed by atoms with van der Waals surface area (Å²) >= 11 is 7.20. The Hall–Kier alpha value is -2.06. The number of ether oxygens (including phenoxy) is 1. The number of hydrogen-bond acceptors (Lipinski definition) is 6. The smallest absolute Gasteiger partial charge is 0.339 e. The second-order valence-electron chi connectivity index (χ2n) is 4.91. The van der Waals surface area contributed by atoms with Gasteiger partial charge in [0.15, 0.2) is 5.17 Å². The molecule has 24 heavy (non-hydrogen) atoms. The van der Waals surface area contributed by atoms with Crippen LogP contribution in [-0.2, 0) is 9.53 Å². The molecule has 6 nitrogen and oxygen atoms in total. The lowest BCUT2D eigenvalue weighted by Crippen LogP contribution is -2.42. The maximum absolute atomic E-state index is 14.2. The first-order valence-corrected chi connectivity index (χ1v) is 8.51. The van der Waals surface area contributed by atoms with Crippen LogP contribution >= 0.6 is 23.4 Å². The molecule has 0 spiro atoms. The molecule has 126 valence electrons. The van der Waals surface area contributed by atoms with E-state index in [9.17, 15) is 14.0 Å². The van der Waals surface area contributed by atoms with E-state index in [4.69, 9.17) is 16.3 Å². The summed E-state index contributed by atoms with van der Waals surface area (Å²) in [6.07, 6.45) is 3.79. The van der Waals surface area contributed by atoms with Crippen molar-refractivity contribution in [2.24, 2.45) is 4.99 Å². The quantitative estimate of drug-likeness (QED) is 0.765. The first-order chi connectivity index (χ1) is 11.5. The number of carbonyl (C=O) groups excluding carboxylic acids is 2. The molecule has 0 radical (unpaired) electrons. The Morgan fingerprint density at radius 2 is 2.29 bits per heavy atom. The Balaban J connectivity index is 1.97. The molecule has 1 saturated heterocycles. The zero-order valence-corrected chi connectivity index (χ0v) is 14.2. The molecular weight excluding hydrogens is 357 g/mol. The molecule has 0 aromatic heterocycles. The molecule has 2 aliphatic heterocycles. The van der Waals surface area contributed by atoms with Gasteiger partial charge in [0.05, 0.1) is 23.1 Å². The van der Waals surface area contributed by atoms with Crippen molar-refractivity contribution in [3.63, 3.8) is 0 Å². The number of carbonyl (C=O) groups is 2. The number of benzene rings is 1. The standard InChI is InChI=1S/C15H13ClFN3O3S/c1-2-23-14(22)9-6-12(11(17)7-10(9)16)18-15-20-13(21)4-3-5-19(20)8-24-15/h3,5-7H,2,4,8H2,1H3. The molecule has 2 heterocycles. The molecule has 1 aromatic carbocycles. The fraction of sp³-hybridized carbons (Fsp3) is 0.267. The van der Waals surface area contributed by atoms with Crippen LogP contribution in [-0.4, -0.2) is 39.5 Å². The van der Waals surface area contributed by atoms with Crippen LogP contribution in [0.2, 0.25) is 5.02 Å². The number of hydrogen-bond donors (Lipinski definition) is 0. The molecule has 3 rings (SSSR count). The van der Waals surface area contributed by atoms with E-state index in [1.807, 2.05) is 0 Å². The van der Waals surface area contributed by atoms with Gasteiger partial charge in [0.25, 0.3) is 5.91 Å². The van der Waals surface area contributed by atoms with Crippen molar-refractivity contribution in [1.82, 2.24) is 10.0 Å². The zero-order valence-electron chi connectivity index (χ0n) is 12.7. The monoisotopic (exact) mass is 369 g/mol. The number of amidine groups is 1. The van der Waals surface area contributed by atoms with Gasteiger partial charge in [0, 0.05) is 12.6 Å². The molecule has 0 atom stereocenters. The molecule has 0 bridgehead atoms. The number of rotatable bonds is 3. The van der Waals surface area contributed by atoms with Crippen LogP contribution in [0.5, 0.6) is 0 Å². The van der Waals surface area contributed by atoms with Crippen LogP contribution in [0.1, 0.15) is 23.7 Å². The topological polar surface area (TPSA) is 62.2 Å². The zero-order chi connectivity index (χ0) is 17.3. The van der Waals surface area contributed by atoms with Crippen molar-refractivity contribution >= 4 is 46.1 Å². The summed E-state index contributed by atoms with van der Waals surface area (Å²) in [6.45, 7) is 1.84. The minimum atomic E-state index is -0.681. The summed E-state index contributed by atoms with van der Waals surface area (Å²) in [5, 5.41) is 3.38. The summed E-state index contributed by atoms with van der Waals surface area (Å²) in [5.74, 6) is -0.983. The van der Waals surface area contributed by atoms with Gasteiger partial charge in [-0.2, -0.15) is 5.01 Å². The average molecular weight is 370 g/mol. The van der Waals surface area contributed by atoms with Crippen LogP contribution in [0.4, 0.5) is 10.1 Å². The van der Waals surface area contributed by atoms with Crippen LogP contribution < -0.4 is 0 Å². The number of halogens is 2. The summed E-state index contributed by atoms with van der Waals surface area (Å²) in [6, 6.07) is 2.25. The van der Waals surface area contributed by atoms with Gasteiger partial charge in [-0.05, 0) is 19.1 Å². The highest BCUT2D eigenvalue weighted by atomic mass is 35.5. The van der Waals surface area contributed by atoms with Gasteiger partial charge in [-0.25, -0.2) is 14.2 Å². The van der Waals surface area contributed by atoms with Crippen LogP contribution in [0.15, 0.2) is 29.4 Å². The van der Waals surface area contributed by atoms with E-state index in [-0.39, 0.29) is 35.2 Å². The predicted octanol–water partition coefficient (Wildman–Crippen LogP) is 3.31. The molecule has 9 heteroatoms. The molecule has 0 unspecified atom stereocenters. The van der Waals surface area contributed by atoms with Crippen LogP contribution in [0.3, 0.4) is 0 Å². The highest BCUT2D eigenvalue weighted by molar-refractivity contribution is 8.14. The number of hydrazine groups is 1. The largest absolute Gasteiger partial charge is 0.462 e. The predicted molar refractivity (Wildman–Crippen MR) is 89.4 cm³/mol. The molecule has 1 aromatic rings. The number of amides is 1. The number of aliphatic imine (C=N–C) groups is 1. The Labute approximate surface area is 146 Å². The van der Waals surface area contributed by atoms with E-state index in [1.165, 1.54) is 22.8 Å². The Morgan fingerprint density at radius 1 is 1.50 bits per heavy atom. The van der Waals surface area contributed by atoms with Gasteiger partial charge in [0.2, 0.25) is 0 Å². The van der Waals surface area contributed by atoms with Crippen LogP contribution in [0.25, 0.3) is 0 Å². The van der Waals surface area contributed by atoms with Crippen molar-refractivity contribution < 1.29 is 18.7 Å². The third-order valence-electron chi connectivity index (χ3n) is 3.32. The van der Waals surface area contributed by atoms with Crippen LogP contribution in [0, 0.1) is 5.82 Å². The SMILES string of the molecule is CCOC(=O)c1cc(N=C2SCN3C=CCC(=O)N23)c(F)cc1Cl. The van der Waals surface area contributed by atoms with E-state index in [2.05, 4.69) is 4.99 Å². The van der Waals surface area contributed by atoms with E-state index in [0.29, 0.717) is 11.0 Å². The average Bonchev–Trinajstić information content (AvgIpc) is 2.94. The maximum atomic E-state index is 14.2. The molecule has 0 aliphatic carbocycles. The lowest BCUT2D eigenvalue weighted by atomic mass is 10.2. The highest BCUT2D eigenvalue weighted by Crippen LogP contribution is 2.32. The molecule has 2 aliphatic rings. The summed E-state index contributed by atoms with van der Waals surface area (Å²) < 4.78 is 19.1. The van der Waals surface area contributed by atoms with Gasteiger partial charge in [0.1, 0.15) is 11.5 Å². The third-order valence-corrected chi connectivity index (χ3v) is 4.55. The molecule has 1 fully saturated rings.